The molecule has 2 radical (unpaired) electrons. The molecular weight excluding hydrogens is 236 g/mol. The van der Waals surface area contributed by atoms with Crippen LogP contribution in [0.1, 0.15) is 5.69 Å². The van der Waals surface area contributed by atoms with Gasteiger partial charge in [-0.15, -0.1) is 0 Å². The molecule has 0 aliphatic carbocycles. The average Bonchev–Trinajstić information content (AvgIpc) is 2.82. The quantitative estimate of drug-likeness (QED) is 0.755. The van der Waals surface area contributed by atoms with Crippen LogP contribution in [0.2, 0.25) is 0 Å². The molecule has 0 spiro atoms. The van der Waals surface area contributed by atoms with E-state index in [4.69, 9.17) is 6.92 Å². The van der Waals surface area contributed by atoms with E-state index in [0.717, 1.165) is 5.69 Å². The van der Waals surface area contributed by atoms with Gasteiger partial charge in [0.15, 0.2) is 0 Å². The first kappa shape index (κ1) is 11.5. The predicted molar refractivity (Wildman–Crippen MR) is 74.1 cm³/mol. The molecule has 2 aromatic carbocycles. The maximum atomic E-state index is 9.95. The average molecular weight is 248 g/mol. The molecule has 0 amide bonds. The van der Waals surface area contributed by atoms with Crippen molar-refractivity contribution < 1.29 is 5.11 Å². The van der Waals surface area contributed by atoms with Crippen LogP contribution >= 0.6 is 0 Å². The van der Waals surface area contributed by atoms with Crippen LogP contribution in [0.5, 0.6) is 5.75 Å². The number of para-hydroxylation sites is 2. The summed E-state index contributed by atoms with van der Waals surface area (Å²) in [7, 11) is 0. The van der Waals surface area contributed by atoms with Crippen LogP contribution in [-0.2, 0) is 0 Å². The number of nitrogens with zero attached hydrogens (tertiary/aromatic N) is 2. The maximum Gasteiger partial charge on any atom is 0.148 e. The Hall–Kier alpha value is -2.55. The minimum Gasteiger partial charge on any atom is -0.507 e. The Balaban J connectivity index is 2.21. The van der Waals surface area contributed by atoms with E-state index in [2.05, 4.69) is 4.98 Å². The second-order valence-corrected chi connectivity index (χ2v) is 4.21. The molecule has 0 atom stereocenters. The zero-order valence-electron chi connectivity index (χ0n) is 10.2. The lowest BCUT2D eigenvalue weighted by atomic mass is 10.2. The minimum absolute atomic E-state index is 0.185. The van der Waals surface area contributed by atoms with Gasteiger partial charge in [-0.2, -0.15) is 0 Å². The first-order chi connectivity index (χ1) is 9.25. The van der Waals surface area contributed by atoms with E-state index in [-0.39, 0.29) is 5.75 Å². The first-order valence-electron chi connectivity index (χ1n) is 5.94. The molecule has 3 aromatic rings. The van der Waals surface area contributed by atoms with E-state index >= 15 is 0 Å². The highest BCUT2D eigenvalue weighted by Crippen LogP contribution is 2.29. The number of benzene rings is 2. The fraction of sp³-hybridized carbons (Fsp3) is 0. The van der Waals surface area contributed by atoms with Gasteiger partial charge in [-0.3, -0.25) is 4.57 Å². The smallest absolute Gasteiger partial charge is 0.148 e. The summed E-state index contributed by atoms with van der Waals surface area (Å²) in [6.07, 6.45) is 1.75. The summed E-state index contributed by atoms with van der Waals surface area (Å²) >= 11 is 0. The van der Waals surface area contributed by atoms with Gasteiger partial charge in [-0.25, -0.2) is 4.98 Å². The van der Waals surface area contributed by atoms with Crippen LogP contribution in [0, 0.1) is 6.92 Å². The van der Waals surface area contributed by atoms with E-state index < -0.39 is 0 Å². The monoisotopic (exact) mass is 248 g/mol. The normalized spacial score (nSPS) is 10.6. The van der Waals surface area contributed by atoms with E-state index in [1.807, 2.05) is 47.0 Å². The van der Waals surface area contributed by atoms with Gasteiger partial charge in [-0.05, 0) is 24.3 Å². The van der Waals surface area contributed by atoms with Crippen LogP contribution in [0.25, 0.3) is 17.1 Å². The van der Waals surface area contributed by atoms with Gasteiger partial charge in [0.2, 0.25) is 0 Å². The van der Waals surface area contributed by atoms with Crippen LogP contribution in [0.3, 0.4) is 0 Å². The summed E-state index contributed by atoms with van der Waals surface area (Å²) in [5, 5.41) is 9.95. The standard InChI is InChI=1S/C16H12N2O/c1-12-11-18(13-7-3-2-4-8-13)16(17-12)14-9-5-6-10-15(14)19/h1-11,19H. The van der Waals surface area contributed by atoms with Crippen molar-refractivity contribution in [1.29, 1.82) is 0 Å². The SMILES string of the molecule is [CH]c1cn(-c2ccccc2)c(-c2ccccc2O)n1. The largest absolute Gasteiger partial charge is 0.507 e. The second-order valence-electron chi connectivity index (χ2n) is 4.21. The van der Waals surface area contributed by atoms with Crippen LogP contribution in [-0.4, -0.2) is 14.7 Å². The van der Waals surface area contributed by atoms with Crippen molar-refractivity contribution in [2.45, 2.75) is 0 Å². The predicted octanol–water partition coefficient (Wildman–Crippen LogP) is 3.30. The Labute approximate surface area is 111 Å². The molecule has 3 heteroatoms. The number of phenolic OH excluding ortho intramolecular Hbond substituents is 1. The molecular formula is C16H12N2O. The number of aromatic nitrogens is 2. The van der Waals surface area contributed by atoms with E-state index in [1.165, 1.54) is 0 Å². The highest BCUT2D eigenvalue weighted by molar-refractivity contribution is 5.66. The van der Waals surface area contributed by atoms with Gasteiger partial charge >= 0.3 is 0 Å². The minimum atomic E-state index is 0.185. The third kappa shape index (κ3) is 2.10. The van der Waals surface area contributed by atoms with Crippen molar-refractivity contribution in [2.75, 3.05) is 0 Å². The van der Waals surface area contributed by atoms with Crippen LogP contribution < -0.4 is 0 Å². The molecule has 3 rings (SSSR count). The molecule has 92 valence electrons. The molecule has 1 aromatic heterocycles. The molecule has 19 heavy (non-hydrogen) atoms. The van der Waals surface area contributed by atoms with Crippen molar-refractivity contribution in [3.8, 4) is 22.8 Å². The number of hydrogen-bond donors (Lipinski definition) is 1. The Kier molecular flexibility index (Phi) is 2.80. The molecule has 0 saturated heterocycles. The summed E-state index contributed by atoms with van der Waals surface area (Å²) in [6.45, 7) is 5.79. The number of hydrogen-bond acceptors (Lipinski definition) is 2. The number of aromatic hydroxyl groups is 1. The van der Waals surface area contributed by atoms with Crippen LogP contribution in [0.4, 0.5) is 0 Å². The van der Waals surface area contributed by atoms with E-state index in [9.17, 15) is 5.11 Å². The summed E-state index contributed by atoms with van der Waals surface area (Å²) in [5.74, 6) is 0.812. The summed E-state index contributed by atoms with van der Waals surface area (Å²) in [6, 6.07) is 16.8. The molecule has 1 heterocycles. The van der Waals surface area contributed by atoms with Gasteiger partial charge in [0.1, 0.15) is 11.6 Å². The lowest BCUT2D eigenvalue weighted by molar-refractivity contribution is 0.477. The molecule has 1 N–H and O–H groups in total. The topological polar surface area (TPSA) is 38.0 Å². The van der Waals surface area contributed by atoms with Crippen molar-refractivity contribution in [3.05, 3.63) is 73.4 Å². The third-order valence-electron chi connectivity index (χ3n) is 2.90. The lowest BCUT2D eigenvalue weighted by Crippen LogP contribution is -1.95. The molecule has 0 aliphatic heterocycles. The molecule has 0 aliphatic rings. The van der Waals surface area contributed by atoms with Crippen molar-refractivity contribution >= 4 is 0 Å². The van der Waals surface area contributed by atoms with Crippen molar-refractivity contribution in [3.63, 3.8) is 0 Å². The Morgan fingerprint density at radius 1 is 0.947 bits per heavy atom. The highest BCUT2D eigenvalue weighted by atomic mass is 16.3. The van der Waals surface area contributed by atoms with Gasteiger partial charge in [-0.1, -0.05) is 30.3 Å². The molecule has 0 fully saturated rings. The second kappa shape index (κ2) is 4.61. The van der Waals surface area contributed by atoms with Gasteiger partial charge in [0.25, 0.3) is 0 Å². The lowest BCUT2D eigenvalue weighted by Gasteiger charge is -2.08. The summed E-state index contributed by atoms with van der Waals surface area (Å²) in [4.78, 5) is 4.30. The zero-order valence-corrected chi connectivity index (χ0v) is 10.2. The number of phenols is 1. The van der Waals surface area contributed by atoms with Gasteiger partial charge < -0.3 is 5.11 Å². The Morgan fingerprint density at radius 3 is 2.37 bits per heavy atom. The van der Waals surface area contributed by atoms with Crippen LogP contribution in [0.15, 0.2) is 60.8 Å². The first-order valence-corrected chi connectivity index (χ1v) is 5.94. The fourth-order valence-corrected chi connectivity index (χ4v) is 2.04. The third-order valence-corrected chi connectivity index (χ3v) is 2.90. The van der Waals surface area contributed by atoms with Gasteiger partial charge in [0, 0.05) is 18.8 Å². The fourth-order valence-electron chi connectivity index (χ4n) is 2.04. The van der Waals surface area contributed by atoms with Crippen molar-refractivity contribution in [1.82, 2.24) is 9.55 Å². The number of rotatable bonds is 2. The van der Waals surface area contributed by atoms with Gasteiger partial charge in [0.05, 0.1) is 11.3 Å². The Morgan fingerprint density at radius 2 is 1.63 bits per heavy atom. The van der Waals surface area contributed by atoms with E-state index in [1.54, 1.807) is 18.3 Å². The highest BCUT2D eigenvalue weighted by Gasteiger charge is 2.12. The number of imidazole rings is 1. The molecule has 0 unspecified atom stereocenters. The maximum absolute atomic E-state index is 9.95. The van der Waals surface area contributed by atoms with Crippen molar-refractivity contribution in [2.24, 2.45) is 0 Å². The Bertz CT molecular complexity index is 702. The summed E-state index contributed by atoms with van der Waals surface area (Å²) in [5.41, 5.74) is 2.02. The summed E-state index contributed by atoms with van der Waals surface area (Å²) < 4.78 is 1.87. The molecule has 3 nitrogen and oxygen atoms in total. The van der Waals surface area contributed by atoms with E-state index in [0.29, 0.717) is 17.1 Å². The molecule has 0 saturated carbocycles. The molecule has 0 bridgehead atoms. The zero-order chi connectivity index (χ0) is 13.2.